The Kier molecular flexibility index (Phi) is 5.19. The van der Waals surface area contributed by atoms with Gasteiger partial charge in [0, 0.05) is 6.20 Å². The normalized spacial score (nSPS) is 24.6. The Hall–Kier alpha value is -2.06. The van der Waals surface area contributed by atoms with E-state index in [4.69, 9.17) is 9.84 Å². The molecule has 1 fully saturated rings. The predicted octanol–water partition coefficient (Wildman–Crippen LogP) is 3.14. The minimum absolute atomic E-state index is 0.0883. The van der Waals surface area contributed by atoms with Gasteiger partial charge < -0.3 is 9.84 Å². The van der Waals surface area contributed by atoms with Crippen molar-refractivity contribution < 1.29 is 32.6 Å². The average Bonchev–Trinajstić information content (AvgIpc) is 2.92. The third-order valence-corrected chi connectivity index (χ3v) is 4.34. The molecular formula is C15H19F3N2O4. The number of carbonyl (C=O) groups is 2. The van der Waals surface area contributed by atoms with Crippen molar-refractivity contribution in [3.05, 3.63) is 17.5 Å². The summed E-state index contributed by atoms with van der Waals surface area (Å²) in [6, 6.07) is -0.375. The number of carboxylic acids is 1. The first-order valence-electron chi connectivity index (χ1n) is 7.71. The van der Waals surface area contributed by atoms with Crippen molar-refractivity contribution in [1.29, 1.82) is 0 Å². The number of nitrogens with zero attached hydrogens (tertiary/aromatic N) is 2. The number of alkyl halides is 3. The Bertz CT molecular complexity index is 627. The smallest absolute Gasteiger partial charge is 0.436 e. The van der Waals surface area contributed by atoms with E-state index in [1.807, 2.05) is 6.92 Å². The lowest BCUT2D eigenvalue weighted by Crippen LogP contribution is -2.31. The van der Waals surface area contributed by atoms with Crippen molar-refractivity contribution in [3.63, 3.8) is 0 Å². The number of ether oxygens (including phenoxy) is 1. The molecule has 1 heterocycles. The first kappa shape index (κ1) is 18.3. The van der Waals surface area contributed by atoms with Crippen LogP contribution in [0.2, 0.25) is 0 Å². The molecule has 1 saturated carbocycles. The molecule has 1 aliphatic rings. The summed E-state index contributed by atoms with van der Waals surface area (Å²) in [5.41, 5.74) is -2.25. The van der Waals surface area contributed by atoms with Crippen molar-refractivity contribution in [2.45, 2.75) is 45.3 Å². The van der Waals surface area contributed by atoms with Gasteiger partial charge in [0.1, 0.15) is 5.56 Å². The third kappa shape index (κ3) is 3.70. The summed E-state index contributed by atoms with van der Waals surface area (Å²) in [4.78, 5) is 22.9. The number of carbonyl (C=O) groups excluding carboxylic acids is 1. The number of hydrogen-bond donors (Lipinski definition) is 1. The zero-order valence-electron chi connectivity index (χ0n) is 13.3. The number of rotatable bonds is 4. The van der Waals surface area contributed by atoms with E-state index in [9.17, 15) is 22.8 Å². The largest absolute Gasteiger partial charge is 0.478 e. The van der Waals surface area contributed by atoms with E-state index in [0.29, 0.717) is 19.3 Å². The van der Waals surface area contributed by atoms with E-state index < -0.39 is 23.4 Å². The number of aromatic carboxylic acids is 1. The van der Waals surface area contributed by atoms with Crippen LogP contribution in [-0.2, 0) is 15.7 Å². The Morgan fingerprint density at radius 3 is 2.54 bits per heavy atom. The van der Waals surface area contributed by atoms with Crippen molar-refractivity contribution in [2.75, 3.05) is 6.61 Å². The minimum Gasteiger partial charge on any atom is -0.478 e. The van der Waals surface area contributed by atoms with Gasteiger partial charge in [-0.15, -0.1) is 0 Å². The monoisotopic (exact) mass is 348 g/mol. The lowest BCUT2D eigenvalue weighted by molar-refractivity contribution is -0.151. The second-order valence-electron chi connectivity index (χ2n) is 5.98. The van der Waals surface area contributed by atoms with Gasteiger partial charge in [-0.25, -0.2) is 4.79 Å². The van der Waals surface area contributed by atoms with Gasteiger partial charge in [0.15, 0.2) is 5.69 Å². The maximum atomic E-state index is 12.9. The Labute approximate surface area is 136 Å². The van der Waals surface area contributed by atoms with Crippen LogP contribution in [0, 0.1) is 11.8 Å². The molecule has 0 radical (unpaired) electrons. The molecule has 0 unspecified atom stereocenters. The first-order valence-corrected chi connectivity index (χ1v) is 7.71. The molecule has 0 bridgehead atoms. The maximum Gasteiger partial charge on any atom is 0.436 e. The highest BCUT2D eigenvalue weighted by Crippen LogP contribution is 2.38. The summed E-state index contributed by atoms with van der Waals surface area (Å²) >= 11 is 0. The zero-order valence-corrected chi connectivity index (χ0v) is 13.3. The lowest BCUT2D eigenvalue weighted by Gasteiger charge is -2.32. The molecule has 2 rings (SSSR count). The number of halogens is 3. The van der Waals surface area contributed by atoms with Gasteiger partial charge in [0.05, 0.1) is 18.6 Å². The van der Waals surface area contributed by atoms with E-state index in [-0.39, 0.29) is 30.5 Å². The SMILES string of the molecule is CCOC(=O)[C@@H]1CC[C@@H](n2cc(C(=O)O)c(C(F)(F)F)n2)C[C@H]1C. The van der Waals surface area contributed by atoms with Gasteiger partial charge >= 0.3 is 18.1 Å². The van der Waals surface area contributed by atoms with Crippen LogP contribution >= 0.6 is 0 Å². The molecule has 1 aromatic rings. The van der Waals surface area contributed by atoms with Crippen LogP contribution in [-0.4, -0.2) is 33.4 Å². The molecule has 1 N–H and O–H groups in total. The second-order valence-corrected chi connectivity index (χ2v) is 5.98. The summed E-state index contributed by atoms with van der Waals surface area (Å²) in [7, 11) is 0. The summed E-state index contributed by atoms with van der Waals surface area (Å²) in [6.07, 6.45) is -2.57. The number of carboxylic acid groups (broad SMARTS) is 1. The molecule has 3 atom stereocenters. The topological polar surface area (TPSA) is 81.4 Å². The lowest BCUT2D eigenvalue weighted by atomic mass is 9.78. The molecular weight excluding hydrogens is 329 g/mol. The fraction of sp³-hybridized carbons (Fsp3) is 0.667. The van der Waals surface area contributed by atoms with Gasteiger partial charge in [-0.1, -0.05) is 6.92 Å². The average molecular weight is 348 g/mol. The molecule has 0 saturated heterocycles. The van der Waals surface area contributed by atoms with E-state index in [1.165, 1.54) is 0 Å². The fourth-order valence-electron chi connectivity index (χ4n) is 3.15. The maximum absolute atomic E-state index is 12.9. The highest BCUT2D eigenvalue weighted by molar-refractivity contribution is 5.88. The van der Waals surface area contributed by atoms with Crippen LogP contribution in [0.25, 0.3) is 0 Å². The highest BCUT2D eigenvalue weighted by Gasteiger charge is 2.41. The van der Waals surface area contributed by atoms with Crippen LogP contribution in [0.3, 0.4) is 0 Å². The number of hydrogen-bond acceptors (Lipinski definition) is 4. The molecule has 0 aliphatic heterocycles. The minimum atomic E-state index is -4.83. The Balaban J connectivity index is 2.19. The molecule has 1 aromatic heterocycles. The van der Waals surface area contributed by atoms with Crippen LogP contribution in [0.1, 0.15) is 55.2 Å². The van der Waals surface area contributed by atoms with Gasteiger partial charge in [-0.05, 0) is 32.1 Å². The molecule has 134 valence electrons. The predicted molar refractivity (Wildman–Crippen MR) is 76.4 cm³/mol. The zero-order chi connectivity index (χ0) is 18.1. The molecule has 0 spiro atoms. The molecule has 0 aromatic carbocycles. The van der Waals surface area contributed by atoms with Crippen LogP contribution in [0.15, 0.2) is 6.20 Å². The highest BCUT2D eigenvalue weighted by atomic mass is 19.4. The third-order valence-electron chi connectivity index (χ3n) is 4.34. The second kappa shape index (κ2) is 6.82. The molecule has 24 heavy (non-hydrogen) atoms. The van der Waals surface area contributed by atoms with Gasteiger partial charge in [0.2, 0.25) is 0 Å². The van der Waals surface area contributed by atoms with E-state index in [2.05, 4.69) is 5.10 Å². The van der Waals surface area contributed by atoms with Crippen molar-refractivity contribution in [2.24, 2.45) is 11.8 Å². The van der Waals surface area contributed by atoms with Gasteiger partial charge in [-0.3, -0.25) is 9.48 Å². The van der Waals surface area contributed by atoms with Gasteiger partial charge in [-0.2, -0.15) is 18.3 Å². The van der Waals surface area contributed by atoms with Crippen LogP contribution < -0.4 is 0 Å². The Morgan fingerprint density at radius 2 is 2.08 bits per heavy atom. The molecule has 6 nitrogen and oxygen atoms in total. The summed E-state index contributed by atoms with van der Waals surface area (Å²) in [5.74, 6) is -2.35. The number of aromatic nitrogens is 2. The summed E-state index contributed by atoms with van der Waals surface area (Å²) < 4.78 is 44.8. The van der Waals surface area contributed by atoms with E-state index in [1.54, 1.807) is 6.92 Å². The van der Waals surface area contributed by atoms with E-state index >= 15 is 0 Å². The van der Waals surface area contributed by atoms with Crippen molar-refractivity contribution in [1.82, 2.24) is 9.78 Å². The summed E-state index contributed by atoms with van der Waals surface area (Å²) in [5, 5.41) is 12.4. The van der Waals surface area contributed by atoms with Crippen molar-refractivity contribution in [3.8, 4) is 0 Å². The standard InChI is InChI=1S/C15H19F3N2O4/c1-3-24-14(23)10-5-4-9(6-8(10)2)20-7-11(13(21)22)12(19-20)15(16,17)18/h7-10H,3-6H2,1-2H3,(H,21,22)/t8-,9-,10-/m1/s1. The fourth-order valence-corrected chi connectivity index (χ4v) is 3.15. The first-order chi connectivity index (χ1) is 11.1. The number of esters is 1. The molecule has 9 heteroatoms. The molecule has 1 aliphatic carbocycles. The van der Waals surface area contributed by atoms with Crippen LogP contribution in [0.4, 0.5) is 13.2 Å². The molecule has 0 amide bonds. The van der Waals surface area contributed by atoms with Gasteiger partial charge in [0.25, 0.3) is 0 Å². The van der Waals surface area contributed by atoms with Crippen molar-refractivity contribution >= 4 is 11.9 Å². The summed E-state index contributed by atoms with van der Waals surface area (Å²) in [6.45, 7) is 3.83. The quantitative estimate of drug-likeness (QED) is 0.846. The van der Waals surface area contributed by atoms with E-state index in [0.717, 1.165) is 10.9 Å². The Morgan fingerprint density at radius 1 is 1.42 bits per heavy atom. The van der Waals surface area contributed by atoms with Crippen LogP contribution in [0.5, 0.6) is 0 Å².